The Morgan fingerprint density at radius 3 is 2.75 bits per heavy atom. The van der Waals surface area contributed by atoms with Crippen molar-refractivity contribution in [2.45, 2.75) is 6.92 Å². The van der Waals surface area contributed by atoms with Crippen LogP contribution in [0.3, 0.4) is 0 Å². The van der Waals surface area contributed by atoms with E-state index in [1.165, 1.54) is 6.20 Å². The molecule has 0 spiro atoms. The predicted octanol–water partition coefficient (Wildman–Crippen LogP) is 0.529. The quantitative estimate of drug-likeness (QED) is 0.737. The Balaban J connectivity index is 2.28. The van der Waals surface area contributed by atoms with Gasteiger partial charge in [0.15, 0.2) is 0 Å². The second kappa shape index (κ2) is 4.38. The van der Waals surface area contributed by atoms with Crippen LogP contribution in [0.15, 0.2) is 36.7 Å². The van der Waals surface area contributed by atoms with E-state index in [1.807, 2.05) is 31.2 Å². The van der Waals surface area contributed by atoms with Crippen LogP contribution in [0.4, 0.5) is 0 Å². The van der Waals surface area contributed by atoms with E-state index in [-0.39, 0.29) is 0 Å². The highest BCUT2D eigenvalue weighted by atomic mass is 16.6. The maximum atomic E-state index is 8.64. The Labute approximate surface area is 93.1 Å². The van der Waals surface area contributed by atoms with Gasteiger partial charge in [0.1, 0.15) is 5.75 Å². The van der Waals surface area contributed by atoms with Gasteiger partial charge in [0.2, 0.25) is 0 Å². The molecule has 2 rings (SSSR count). The van der Waals surface area contributed by atoms with Crippen molar-refractivity contribution in [3.05, 3.63) is 42.2 Å². The zero-order chi connectivity index (χ0) is 11.5. The molecule has 16 heavy (non-hydrogen) atoms. The highest BCUT2D eigenvalue weighted by Crippen LogP contribution is 2.16. The number of aryl methyl sites for hydroxylation is 1. The summed E-state index contributed by atoms with van der Waals surface area (Å²) >= 11 is 0. The predicted molar refractivity (Wildman–Crippen MR) is 59.1 cm³/mol. The first-order valence-electron chi connectivity index (χ1n) is 4.80. The third-order valence-electron chi connectivity index (χ3n) is 2.16. The molecule has 82 valence electrons. The summed E-state index contributed by atoms with van der Waals surface area (Å²) < 4.78 is 6.30. The van der Waals surface area contributed by atoms with Crippen LogP contribution in [0, 0.1) is 6.92 Å². The second-order valence-corrected chi connectivity index (χ2v) is 3.35. The molecule has 0 aliphatic carbocycles. The number of benzene rings is 1. The Morgan fingerprint density at radius 2 is 2.06 bits per heavy atom. The highest BCUT2D eigenvalue weighted by Gasteiger charge is 2.13. The molecule has 1 aromatic heterocycles. The number of rotatable bonds is 3. The fraction of sp³-hybridized carbons (Fsp3) is 0.100. The number of hydrogen-bond acceptors (Lipinski definition) is 4. The highest BCUT2D eigenvalue weighted by molar-refractivity contribution is 6.33. The SMILES string of the molecule is Cc1ccccc1-n1cc(OB(O)O)cn1. The monoisotopic (exact) mass is 218 g/mol. The Bertz CT molecular complexity index is 484. The summed E-state index contributed by atoms with van der Waals surface area (Å²) in [6.45, 7) is 1.97. The zero-order valence-electron chi connectivity index (χ0n) is 8.74. The Kier molecular flexibility index (Phi) is 2.94. The molecule has 6 heteroatoms. The molecule has 0 aliphatic heterocycles. The van der Waals surface area contributed by atoms with Crippen LogP contribution in [-0.4, -0.2) is 27.1 Å². The summed E-state index contributed by atoms with van der Waals surface area (Å²) in [5.41, 5.74) is 1.99. The third-order valence-corrected chi connectivity index (χ3v) is 2.16. The summed E-state index contributed by atoms with van der Waals surface area (Å²) in [5.74, 6) is 0.304. The molecule has 2 N–H and O–H groups in total. The summed E-state index contributed by atoms with van der Waals surface area (Å²) in [4.78, 5) is 0. The summed E-state index contributed by atoms with van der Waals surface area (Å²) in [6, 6.07) is 7.74. The molecule has 5 nitrogen and oxygen atoms in total. The largest absolute Gasteiger partial charge is 0.707 e. The molecule has 0 bridgehead atoms. The lowest BCUT2D eigenvalue weighted by atomic mass is 10.2. The first kappa shape index (κ1) is 10.7. The van der Waals surface area contributed by atoms with Crippen molar-refractivity contribution >= 4 is 7.32 Å². The van der Waals surface area contributed by atoms with E-state index in [0.717, 1.165) is 11.3 Å². The van der Waals surface area contributed by atoms with Gasteiger partial charge in [-0.25, -0.2) is 4.68 Å². The lowest BCUT2D eigenvalue weighted by molar-refractivity contribution is 0.288. The molecule has 0 fully saturated rings. The van der Waals surface area contributed by atoms with Gasteiger partial charge in [-0.3, -0.25) is 0 Å². The Hall–Kier alpha value is -1.79. The van der Waals surface area contributed by atoms with Crippen LogP contribution < -0.4 is 4.65 Å². The third kappa shape index (κ3) is 2.24. The average Bonchev–Trinajstić information content (AvgIpc) is 2.66. The van der Waals surface area contributed by atoms with Gasteiger partial charge < -0.3 is 14.7 Å². The fourth-order valence-corrected chi connectivity index (χ4v) is 1.44. The smallest absolute Gasteiger partial charge is 0.509 e. The summed E-state index contributed by atoms with van der Waals surface area (Å²) in [7, 11) is -1.82. The number of aromatic nitrogens is 2. The van der Waals surface area contributed by atoms with Gasteiger partial charge in [-0.05, 0) is 18.6 Å². The van der Waals surface area contributed by atoms with Gasteiger partial charge in [0.25, 0.3) is 0 Å². The molecule has 0 atom stereocenters. The number of nitrogens with zero attached hydrogens (tertiary/aromatic N) is 2. The molecule has 0 unspecified atom stereocenters. The first-order valence-corrected chi connectivity index (χ1v) is 4.80. The van der Waals surface area contributed by atoms with Gasteiger partial charge in [-0.15, -0.1) is 0 Å². The van der Waals surface area contributed by atoms with Crippen LogP contribution in [0.5, 0.6) is 5.75 Å². The standard InChI is InChI=1S/C10H11BN2O3/c1-8-4-2-3-5-10(8)13-7-9(6-12-13)16-11(14)15/h2-7,14-15H,1H3. The van der Waals surface area contributed by atoms with Crippen molar-refractivity contribution in [1.82, 2.24) is 9.78 Å². The minimum absolute atomic E-state index is 0.304. The molecular weight excluding hydrogens is 207 g/mol. The van der Waals surface area contributed by atoms with Crippen LogP contribution in [0.1, 0.15) is 5.56 Å². The topological polar surface area (TPSA) is 67.5 Å². The van der Waals surface area contributed by atoms with Crippen molar-refractivity contribution in [2.24, 2.45) is 0 Å². The van der Waals surface area contributed by atoms with Crippen molar-refractivity contribution in [2.75, 3.05) is 0 Å². The molecule has 0 amide bonds. The molecular formula is C10H11BN2O3. The van der Waals surface area contributed by atoms with E-state index in [0.29, 0.717) is 5.75 Å². The molecule has 0 aliphatic rings. The molecule has 0 radical (unpaired) electrons. The van der Waals surface area contributed by atoms with Crippen LogP contribution in [0.25, 0.3) is 5.69 Å². The van der Waals surface area contributed by atoms with Crippen molar-refractivity contribution in [3.8, 4) is 11.4 Å². The van der Waals surface area contributed by atoms with E-state index < -0.39 is 7.32 Å². The van der Waals surface area contributed by atoms with E-state index in [1.54, 1.807) is 10.9 Å². The van der Waals surface area contributed by atoms with Crippen LogP contribution in [0.2, 0.25) is 0 Å². The van der Waals surface area contributed by atoms with Gasteiger partial charge >= 0.3 is 7.32 Å². The Morgan fingerprint density at radius 1 is 1.31 bits per heavy atom. The number of para-hydroxylation sites is 1. The van der Waals surface area contributed by atoms with Gasteiger partial charge in [0.05, 0.1) is 18.1 Å². The maximum absolute atomic E-state index is 8.64. The van der Waals surface area contributed by atoms with E-state index in [9.17, 15) is 0 Å². The van der Waals surface area contributed by atoms with Gasteiger partial charge in [0, 0.05) is 0 Å². The van der Waals surface area contributed by atoms with Gasteiger partial charge in [-0.1, -0.05) is 18.2 Å². The van der Waals surface area contributed by atoms with Gasteiger partial charge in [-0.2, -0.15) is 5.10 Å². The molecule has 1 heterocycles. The minimum atomic E-state index is -1.82. The summed E-state index contributed by atoms with van der Waals surface area (Å²) in [6.07, 6.45) is 3.01. The lowest BCUT2D eigenvalue weighted by Crippen LogP contribution is -2.20. The van der Waals surface area contributed by atoms with Crippen molar-refractivity contribution in [1.29, 1.82) is 0 Å². The van der Waals surface area contributed by atoms with Crippen LogP contribution in [-0.2, 0) is 0 Å². The summed E-state index contributed by atoms with van der Waals surface area (Å²) in [5, 5.41) is 21.3. The van der Waals surface area contributed by atoms with E-state index in [4.69, 9.17) is 10.0 Å². The van der Waals surface area contributed by atoms with Crippen molar-refractivity contribution < 1.29 is 14.7 Å². The molecule has 2 aromatic rings. The van der Waals surface area contributed by atoms with Crippen molar-refractivity contribution in [3.63, 3.8) is 0 Å². The normalized spacial score (nSPS) is 10.2. The molecule has 0 saturated heterocycles. The minimum Gasteiger partial charge on any atom is -0.509 e. The zero-order valence-corrected chi connectivity index (χ0v) is 8.74. The number of hydrogen-bond donors (Lipinski definition) is 2. The molecule has 0 saturated carbocycles. The van der Waals surface area contributed by atoms with E-state index >= 15 is 0 Å². The first-order chi connectivity index (χ1) is 7.66. The second-order valence-electron chi connectivity index (χ2n) is 3.35. The van der Waals surface area contributed by atoms with E-state index in [2.05, 4.69) is 9.75 Å². The average molecular weight is 218 g/mol. The van der Waals surface area contributed by atoms with Crippen LogP contribution >= 0.6 is 0 Å². The fourth-order valence-electron chi connectivity index (χ4n) is 1.44. The molecule has 1 aromatic carbocycles. The lowest BCUT2D eigenvalue weighted by Gasteiger charge is -2.04. The maximum Gasteiger partial charge on any atom is 0.707 e.